The Morgan fingerprint density at radius 3 is 2.71 bits per heavy atom. The zero-order chi connectivity index (χ0) is 16.9. The van der Waals surface area contributed by atoms with E-state index in [9.17, 15) is 9.59 Å². The quantitative estimate of drug-likeness (QED) is 0.906. The van der Waals surface area contributed by atoms with Crippen molar-refractivity contribution in [1.29, 1.82) is 0 Å². The van der Waals surface area contributed by atoms with Gasteiger partial charge in [-0.05, 0) is 41.5 Å². The summed E-state index contributed by atoms with van der Waals surface area (Å²) in [6.45, 7) is 1.08. The second kappa shape index (κ2) is 7.04. The van der Waals surface area contributed by atoms with Crippen LogP contribution in [0.5, 0.6) is 5.75 Å². The number of rotatable bonds is 4. The van der Waals surface area contributed by atoms with E-state index in [4.69, 9.17) is 4.74 Å². The van der Waals surface area contributed by atoms with Crippen molar-refractivity contribution in [3.63, 3.8) is 0 Å². The van der Waals surface area contributed by atoms with Gasteiger partial charge in [0.05, 0.1) is 13.7 Å². The predicted octanol–water partition coefficient (Wildman–Crippen LogP) is 2.73. The van der Waals surface area contributed by atoms with E-state index in [1.54, 1.807) is 18.2 Å². The van der Waals surface area contributed by atoms with Crippen LogP contribution in [0.2, 0.25) is 0 Å². The van der Waals surface area contributed by atoms with Crippen LogP contribution in [0.1, 0.15) is 21.5 Å². The number of methoxy groups -OCH3 is 1. The monoisotopic (exact) mass is 326 g/mol. The van der Waals surface area contributed by atoms with Crippen LogP contribution in [-0.4, -0.2) is 25.7 Å². The normalized spacial score (nSPS) is 12.0. The number of anilines is 1. The fourth-order valence-corrected chi connectivity index (χ4v) is 2.49. The van der Waals surface area contributed by atoms with Crippen LogP contribution in [-0.2, 0) is 17.7 Å². The van der Waals surface area contributed by atoms with Crippen molar-refractivity contribution in [3.05, 3.63) is 59.2 Å². The Morgan fingerprint density at radius 2 is 1.96 bits per heavy atom. The standard InChI is InChI=1S/C18H18N2O4/c1-23-18(22)20-15-5-2-12(3-6-15)11-19-17(21)14-4-7-16-13(10-14)8-9-24-16/h2-7,10H,8-9,11H2,1H3,(H,19,21)(H,20,22). The summed E-state index contributed by atoms with van der Waals surface area (Å²) in [5.74, 6) is 0.738. The van der Waals surface area contributed by atoms with E-state index in [1.165, 1.54) is 7.11 Å². The molecular formula is C18H18N2O4. The van der Waals surface area contributed by atoms with E-state index in [0.29, 0.717) is 24.4 Å². The Kier molecular flexibility index (Phi) is 4.65. The highest BCUT2D eigenvalue weighted by molar-refractivity contribution is 5.94. The van der Waals surface area contributed by atoms with Gasteiger partial charge in [-0.15, -0.1) is 0 Å². The van der Waals surface area contributed by atoms with Crippen LogP contribution in [0.25, 0.3) is 0 Å². The van der Waals surface area contributed by atoms with Gasteiger partial charge in [0.2, 0.25) is 0 Å². The molecule has 1 aliphatic heterocycles. The third-order valence-electron chi connectivity index (χ3n) is 3.79. The van der Waals surface area contributed by atoms with Crippen LogP contribution >= 0.6 is 0 Å². The van der Waals surface area contributed by atoms with Gasteiger partial charge in [0.15, 0.2) is 0 Å². The minimum Gasteiger partial charge on any atom is -0.493 e. The average Bonchev–Trinajstić information content (AvgIpc) is 3.08. The fourth-order valence-electron chi connectivity index (χ4n) is 2.49. The molecule has 24 heavy (non-hydrogen) atoms. The van der Waals surface area contributed by atoms with E-state index in [2.05, 4.69) is 15.4 Å². The first-order chi connectivity index (χ1) is 11.7. The van der Waals surface area contributed by atoms with Gasteiger partial charge in [-0.2, -0.15) is 0 Å². The number of fused-ring (bicyclic) bond motifs is 1. The highest BCUT2D eigenvalue weighted by atomic mass is 16.5. The summed E-state index contributed by atoms with van der Waals surface area (Å²) in [6.07, 6.45) is 0.321. The molecule has 0 radical (unpaired) electrons. The van der Waals surface area contributed by atoms with Crippen LogP contribution in [0.4, 0.5) is 10.5 Å². The third-order valence-corrected chi connectivity index (χ3v) is 3.79. The molecule has 6 heteroatoms. The molecular weight excluding hydrogens is 308 g/mol. The summed E-state index contributed by atoms with van der Waals surface area (Å²) in [5, 5.41) is 5.46. The van der Waals surface area contributed by atoms with Gasteiger partial charge in [-0.1, -0.05) is 12.1 Å². The molecule has 2 aromatic carbocycles. The maximum absolute atomic E-state index is 12.2. The summed E-state index contributed by atoms with van der Waals surface area (Å²) in [6, 6.07) is 12.7. The van der Waals surface area contributed by atoms with Crippen molar-refractivity contribution < 1.29 is 19.1 Å². The molecule has 3 rings (SSSR count). The molecule has 6 nitrogen and oxygen atoms in total. The predicted molar refractivity (Wildman–Crippen MR) is 89.3 cm³/mol. The minimum absolute atomic E-state index is 0.124. The number of amides is 2. The maximum atomic E-state index is 12.2. The molecule has 0 bridgehead atoms. The van der Waals surface area contributed by atoms with Crippen molar-refractivity contribution >= 4 is 17.7 Å². The molecule has 2 aromatic rings. The second-order valence-corrected chi connectivity index (χ2v) is 5.42. The minimum atomic E-state index is -0.517. The van der Waals surface area contributed by atoms with Gasteiger partial charge in [0.25, 0.3) is 5.91 Å². The molecule has 0 saturated heterocycles. The van der Waals surface area contributed by atoms with Gasteiger partial charge in [-0.25, -0.2) is 4.79 Å². The lowest BCUT2D eigenvalue weighted by molar-refractivity contribution is 0.0951. The van der Waals surface area contributed by atoms with E-state index in [-0.39, 0.29) is 5.91 Å². The van der Waals surface area contributed by atoms with Gasteiger partial charge < -0.3 is 14.8 Å². The molecule has 0 aromatic heterocycles. The molecule has 0 unspecified atom stereocenters. The maximum Gasteiger partial charge on any atom is 0.411 e. The molecule has 0 saturated carbocycles. The molecule has 1 aliphatic rings. The molecule has 1 heterocycles. The number of benzene rings is 2. The van der Waals surface area contributed by atoms with E-state index in [1.807, 2.05) is 24.3 Å². The Balaban J connectivity index is 1.57. The lowest BCUT2D eigenvalue weighted by atomic mass is 10.1. The number of carbonyl (C=O) groups is 2. The van der Waals surface area contributed by atoms with E-state index >= 15 is 0 Å². The summed E-state index contributed by atoms with van der Waals surface area (Å²) >= 11 is 0. The van der Waals surface area contributed by atoms with Crippen molar-refractivity contribution in [2.75, 3.05) is 19.0 Å². The van der Waals surface area contributed by atoms with Crippen molar-refractivity contribution in [2.24, 2.45) is 0 Å². The Bertz CT molecular complexity index is 756. The SMILES string of the molecule is COC(=O)Nc1ccc(CNC(=O)c2ccc3c(c2)CCO3)cc1. The van der Waals surface area contributed by atoms with Gasteiger partial charge >= 0.3 is 6.09 Å². The van der Waals surface area contributed by atoms with Crippen LogP contribution < -0.4 is 15.4 Å². The zero-order valence-electron chi connectivity index (χ0n) is 13.3. The number of hydrogen-bond donors (Lipinski definition) is 2. The van der Waals surface area contributed by atoms with Crippen LogP contribution in [0.3, 0.4) is 0 Å². The second-order valence-electron chi connectivity index (χ2n) is 5.42. The summed E-state index contributed by atoms with van der Waals surface area (Å²) in [7, 11) is 1.31. The highest BCUT2D eigenvalue weighted by Gasteiger charge is 2.14. The Labute approximate surface area is 139 Å². The van der Waals surface area contributed by atoms with Crippen LogP contribution in [0, 0.1) is 0 Å². The molecule has 0 aliphatic carbocycles. The van der Waals surface area contributed by atoms with Gasteiger partial charge in [-0.3, -0.25) is 10.1 Å². The number of nitrogens with one attached hydrogen (secondary N) is 2. The largest absolute Gasteiger partial charge is 0.493 e. The Hall–Kier alpha value is -3.02. The first-order valence-corrected chi connectivity index (χ1v) is 7.63. The lowest BCUT2D eigenvalue weighted by Gasteiger charge is -2.08. The van der Waals surface area contributed by atoms with Crippen molar-refractivity contribution in [2.45, 2.75) is 13.0 Å². The van der Waals surface area contributed by atoms with Gasteiger partial charge in [0.1, 0.15) is 5.75 Å². The summed E-state index contributed by atoms with van der Waals surface area (Å²) in [4.78, 5) is 23.4. The third kappa shape index (κ3) is 3.65. The topological polar surface area (TPSA) is 76.7 Å². The Morgan fingerprint density at radius 1 is 1.17 bits per heavy atom. The smallest absolute Gasteiger partial charge is 0.411 e. The first kappa shape index (κ1) is 15.9. The van der Waals surface area contributed by atoms with E-state index in [0.717, 1.165) is 23.3 Å². The first-order valence-electron chi connectivity index (χ1n) is 7.63. The van der Waals surface area contributed by atoms with Crippen LogP contribution in [0.15, 0.2) is 42.5 Å². The highest BCUT2D eigenvalue weighted by Crippen LogP contribution is 2.25. The van der Waals surface area contributed by atoms with Crippen molar-refractivity contribution in [3.8, 4) is 5.75 Å². The molecule has 0 fully saturated rings. The molecule has 124 valence electrons. The lowest BCUT2D eigenvalue weighted by Crippen LogP contribution is -2.22. The fraction of sp³-hybridized carbons (Fsp3) is 0.222. The molecule has 0 spiro atoms. The zero-order valence-corrected chi connectivity index (χ0v) is 13.3. The van der Waals surface area contributed by atoms with Crippen molar-refractivity contribution in [1.82, 2.24) is 5.32 Å². The molecule has 2 N–H and O–H groups in total. The summed E-state index contributed by atoms with van der Waals surface area (Å²) in [5.41, 5.74) is 3.27. The number of ether oxygens (including phenoxy) is 2. The van der Waals surface area contributed by atoms with Gasteiger partial charge in [0, 0.05) is 24.2 Å². The number of hydrogen-bond acceptors (Lipinski definition) is 4. The molecule has 0 atom stereocenters. The average molecular weight is 326 g/mol. The van der Waals surface area contributed by atoms with E-state index < -0.39 is 6.09 Å². The summed E-state index contributed by atoms with van der Waals surface area (Å²) < 4.78 is 9.97. The number of carbonyl (C=O) groups excluding carboxylic acids is 2. The molecule has 2 amide bonds.